The maximum atomic E-state index is 5.07. The van der Waals surface area contributed by atoms with Crippen molar-refractivity contribution in [3.63, 3.8) is 0 Å². The van der Waals surface area contributed by atoms with Gasteiger partial charge in [0.1, 0.15) is 29.2 Å². The molecule has 0 radical (unpaired) electrons. The fourth-order valence-electron chi connectivity index (χ4n) is 4.89. The monoisotopic (exact) mass is 433 g/mol. The van der Waals surface area contributed by atoms with E-state index in [1.165, 1.54) is 25.7 Å². The van der Waals surface area contributed by atoms with Crippen molar-refractivity contribution in [3.05, 3.63) is 41.3 Å². The molecule has 0 spiro atoms. The lowest BCUT2D eigenvalue weighted by molar-refractivity contribution is 0.467. The number of nitrogens with zero attached hydrogens (tertiary/aromatic N) is 9. The summed E-state index contributed by atoms with van der Waals surface area (Å²) in [5.74, 6) is 3.43. The number of hydrogen-bond donors (Lipinski definition) is 0. The smallest absolute Gasteiger partial charge is 0.237 e. The van der Waals surface area contributed by atoms with Crippen molar-refractivity contribution in [1.29, 1.82) is 0 Å². The molecule has 5 heterocycles. The SMILES string of the molecule is CC[C@@H]1c2nnc(C)n2-c2cnc(-n3cnc(-c4cscn4)c3)nc2N1C1CCCC1. The molecular formula is C21H23N9S. The van der Waals surface area contributed by atoms with Crippen LogP contribution in [0.2, 0.25) is 0 Å². The predicted molar refractivity (Wildman–Crippen MR) is 118 cm³/mol. The third-order valence-corrected chi connectivity index (χ3v) is 6.91. The van der Waals surface area contributed by atoms with Gasteiger partial charge in [0.2, 0.25) is 5.95 Å². The average molecular weight is 434 g/mol. The van der Waals surface area contributed by atoms with Gasteiger partial charge < -0.3 is 4.90 Å². The number of rotatable bonds is 4. The van der Waals surface area contributed by atoms with E-state index in [0.717, 1.165) is 41.0 Å². The number of aryl methyl sites for hydroxylation is 1. The van der Waals surface area contributed by atoms with Crippen molar-refractivity contribution >= 4 is 17.2 Å². The van der Waals surface area contributed by atoms with Crippen LogP contribution >= 0.6 is 11.3 Å². The number of aromatic nitrogens is 8. The molecule has 0 amide bonds. The summed E-state index contributed by atoms with van der Waals surface area (Å²) in [5, 5.41) is 10.9. The molecule has 2 aliphatic rings. The van der Waals surface area contributed by atoms with E-state index in [2.05, 4.69) is 41.5 Å². The Kier molecular flexibility index (Phi) is 4.34. The number of imidazole rings is 1. The van der Waals surface area contributed by atoms with Crippen LogP contribution in [0.5, 0.6) is 0 Å². The van der Waals surface area contributed by atoms with Crippen molar-refractivity contribution in [1.82, 2.24) is 39.3 Å². The van der Waals surface area contributed by atoms with Crippen LogP contribution in [-0.4, -0.2) is 45.3 Å². The third-order valence-electron chi connectivity index (χ3n) is 6.32. The lowest BCUT2D eigenvalue weighted by atomic mass is 10.0. The van der Waals surface area contributed by atoms with Gasteiger partial charge in [-0.25, -0.2) is 15.0 Å². The van der Waals surface area contributed by atoms with E-state index < -0.39 is 0 Å². The molecule has 1 saturated carbocycles. The molecule has 31 heavy (non-hydrogen) atoms. The van der Waals surface area contributed by atoms with Gasteiger partial charge in [-0.2, -0.15) is 4.98 Å². The van der Waals surface area contributed by atoms with Gasteiger partial charge in [0, 0.05) is 17.6 Å². The molecule has 1 aliphatic heterocycles. The van der Waals surface area contributed by atoms with Gasteiger partial charge in [-0.05, 0) is 26.2 Å². The highest BCUT2D eigenvalue weighted by atomic mass is 32.1. The summed E-state index contributed by atoms with van der Waals surface area (Å²) in [6, 6.07) is 0.624. The third kappa shape index (κ3) is 2.88. The van der Waals surface area contributed by atoms with E-state index in [-0.39, 0.29) is 6.04 Å². The Hall–Kier alpha value is -3.14. The van der Waals surface area contributed by atoms with Crippen LogP contribution in [0.25, 0.3) is 23.0 Å². The zero-order valence-electron chi connectivity index (χ0n) is 17.5. The van der Waals surface area contributed by atoms with Crippen LogP contribution in [0.15, 0.2) is 29.6 Å². The first-order valence-corrected chi connectivity index (χ1v) is 11.7. The molecular weight excluding hydrogens is 410 g/mol. The first-order valence-electron chi connectivity index (χ1n) is 10.7. The minimum absolute atomic E-state index is 0.160. The Morgan fingerprint density at radius 1 is 1.10 bits per heavy atom. The standard InChI is InChI=1S/C21H23N9S/c1-3-17-20-27-26-13(2)29(20)18-8-22-21(25-19(18)30(17)14-6-4-5-7-14)28-9-15(23-11-28)16-10-31-12-24-16/h8-12,14,17H,3-7H2,1-2H3/t17-/m1/s1. The van der Waals surface area contributed by atoms with Gasteiger partial charge in [0.05, 0.1) is 17.7 Å². The molecule has 1 aliphatic carbocycles. The fourth-order valence-corrected chi connectivity index (χ4v) is 5.43. The van der Waals surface area contributed by atoms with Crippen molar-refractivity contribution < 1.29 is 0 Å². The highest BCUT2D eigenvalue weighted by Gasteiger charge is 2.39. The second kappa shape index (κ2) is 7.23. The van der Waals surface area contributed by atoms with Gasteiger partial charge in [-0.3, -0.25) is 9.13 Å². The first-order chi connectivity index (χ1) is 15.2. The summed E-state index contributed by atoms with van der Waals surface area (Å²) in [7, 11) is 0. The van der Waals surface area contributed by atoms with Crippen molar-refractivity contribution in [2.75, 3.05) is 4.90 Å². The topological polar surface area (TPSA) is 90.4 Å². The minimum atomic E-state index is 0.160. The minimum Gasteiger partial charge on any atom is -0.341 e. The molecule has 0 aromatic carbocycles. The van der Waals surface area contributed by atoms with Crippen LogP contribution < -0.4 is 4.90 Å². The lowest BCUT2D eigenvalue weighted by Gasteiger charge is -2.41. The maximum absolute atomic E-state index is 5.07. The molecule has 0 unspecified atom stereocenters. The fraction of sp³-hybridized carbons (Fsp3) is 0.429. The highest BCUT2D eigenvalue weighted by molar-refractivity contribution is 7.07. The Morgan fingerprint density at radius 2 is 1.97 bits per heavy atom. The van der Waals surface area contributed by atoms with Crippen LogP contribution in [0.1, 0.15) is 56.7 Å². The van der Waals surface area contributed by atoms with Gasteiger partial charge in [0.25, 0.3) is 0 Å². The molecule has 4 aromatic heterocycles. The normalized spacial score (nSPS) is 18.4. The van der Waals surface area contributed by atoms with Gasteiger partial charge in [0.15, 0.2) is 11.6 Å². The van der Waals surface area contributed by atoms with Crippen LogP contribution in [0.3, 0.4) is 0 Å². The van der Waals surface area contributed by atoms with Crippen LogP contribution in [-0.2, 0) is 0 Å². The molecule has 4 aromatic rings. The van der Waals surface area contributed by atoms with Crippen molar-refractivity contribution in [2.45, 2.75) is 58.0 Å². The zero-order chi connectivity index (χ0) is 20.9. The van der Waals surface area contributed by atoms with E-state index in [1.54, 1.807) is 17.7 Å². The molecule has 9 nitrogen and oxygen atoms in total. The second-order valence-electron chi connectivity index (χ2n) is 8.13. The molecule has 158 valence electrons. The highest BCUT2D eigenvalue weighted by Crippen LogP contribution is 2.43. The molecule has 10 heteroatoms. The van der Waals surface area contributed by atoms with Crippen molar-refractivity contribution in [3.8, 4) is 23.0 Å². The predicted octanol–water partition coefficient (Wildman–Crippen LogP) is 3.89. The Bertz CT molecular complexity index is 1220. The Labute approximate surface area is 183 Å². The molecule has 0 saturated heterocycles. The molecule has 1 atom stereocenters. The zero-order valence-corrected chi connectivity index (χ0v) is 18.3. The number of thiazole rings is 1. The van der Waals surface area contributed by atoms with E-state index >= 15 is 0 Å². The van der Waals surface area contributed by atoms with Crippen LogP contribution in [0, 0.1) is 6.92 Å². The van der Waals surface area contributed by atoms with Gasteiger partial charge in [-0.1, -0.05) is 19.8 Å². The first kappa shape index (κ1) is 18.6. The van der Waals surface area contributed by atoms with E-state index in [4.69, 9.17) is 4.98 Å². The molecule has 0 bridgehead atoms. The summed E-state index contributed by atoms with van der Waals surface area (Å²) in [5.41, 5.74) is 4.45. The number of fused-ring (bicyclic) bond motifs is 3. The number of hydrogen-bond acceptors (Lipinski definition) is 8. The maximum Gasteiger partial charge on any atom is 0.237 e. The van der Waals surface area contributed by atoms with E-state index in [1.807, 2.05) is 34.8 Å². The van der Waals surface area contributed by atoms with Crippen LogP contribution in [0.4, 0.5) is 5.82 Å². The largest absolute Gasteiger partial charge is 0.341 e. The summed E-state index contributed by atoms with van der Waals surface area (Å²) in [6.07, 6.45) is 11.4. The van der Waals surface area contributed by atoms with Crippen molar-refractivity contribution in [2.24, 2.45) is 0 Å². The van der Waals surface area contributed by atoms with E-state index in [0.29, 0.717) is 12.0 Å². The van der Waals surface area contributed by atoms with E-state index in [9.17, 15) is 0 Å². The lowest BCUT2D eigenvalue weighted by Crippen LogP contribution is -2.42. The Balaban J connectivity index is 1.49. The quantitative estimate of drug-likeness (QED) is 0.482. The summed E-state index contributed by atoms with van der Waals surface area (Å²) >= 11 is 1.56. The average Bonchev–Trinajstić information content (AvgIpc) is 3.59. The number of anilines is 1. The molecule has 6 rings (SSSR count). The summed E-state index contributed by atoms with van der Waals surface area (Å²) in [6.45, 7) is 4.20. The second-order valence-corrected chi connectivity index (χ2v) is 8.85. The Morgan fingerprint density at radius 3 is 2.74 bits per heavy atom. The molecule has 1 fully saturated rings. The van der Waals surface area contributed by atoms with Gasteiger partial charge >= 0.3 is 0 Å². The van der Waals surface area contributed by atoms with Gasteiger partial charge in [-0.15, -0.1) is 21.5 Å². The summed E-state index contributed by atoms with van der Waals surface area (Å²) in [4.78, 5) is 21.1. The molecule has 0 N–H and O–H groups in total. The summed E-state index contributed by atoms with van der Waals surface area (Å²) < 4.78 is 3.99.